The van der Waals surface area contributed by atoms with E-state index < -0.39 is 0 Å². The van der Waals surface area contributed by atoms with Gasteiger partial charge in [-0.1, -0.05) is 24.3 Å². The van der Waals surface area contributed by atoms with Crippen molar-refractivity contribution in [3.05, 3.63) is 42.5 Å². The molecule has 0 fully saturated rings. The maximum absolute atomic E-state index is 5.56. The van der Waals surface area contributed by atoms with Crippen molar-refractivity contribution in [2.45, 2.75) is 6.92 Å². The van der Waals surface area contributed by atoms with Gasteiger partial charge in [-0.05, 0) is 25.1 Å². The molecule has 0 heterocycles. The van der Waals surface area contributed by atoms with Crippen molar-refractivity contribution in [2.75, 3.05) is 0 Å². The highest BCUT2D eigenvalue weighted by Gasteiger charge is 1.87. The Morgan fingerprint density at radius 2 is 2.00 bits per heavy atom. The molecule has 0 spiro atoms. The van der Waals surface area contributed by atoms with Crippen molar-refractivity contribution in [1.82, 2.24) is 0 Å². The summed E-state index contributed by atoms with van der Waals surface area (Å²) < 4.78 is 0. The van der Waals surface area contributed by atoms with Gasteiger partial charge in [-0.2, -0.15) is 0 Å². The molecule has 0 aliphatic rings. The second-order valence-corrected chi connectivity index (χ2v) is 2.61. The summed E-state index contributed by atoms with van der Waals surface area (Å²) in [6, 6.07) is 9.48. The van der Waals surface area contributed by atoms with E-state index in [1.807, 2.05) is 43.3 Å². The number of benzene rings is 1. The zero-order chi connectivity index (χ0) is 10.2. The minimum absolute atomic E-state index is 0.259. The first-order chi connectivity index (χ1) is 6.83. The van der Waals surface area contributed by atoms with Gasteiger partial charge in [0.2, 0.25) is 5.96 Å². The van der Waals surface area contributed by atoms with Crippen LogP contribution in [0.5, 0.6) is 0 Å². The van der Waals surface area contributed by atoms with Crippen molar-refractivity contribution in [3.8, 4) is 0 Å². The quantitative estimate of drug-likeness (QED) is 0.560. The average molecular weight is 187 g/mol. The second kappa shape index (κ2) is 5.70. The van der Waals surface area contributed by atoms with E-state index in [0.717, 1.165) is 5.69 Å². The molecule has 1 aromatic rings. The van der Waals surface area contributed by atoms with Crippen LogP contribution in [-0.2, 0) is 0 Å². The molecule has 3 heteroatoms. The minimum Gasteiger partial charge on any atom is -0.368 e. The van der Waals surface area contributed by atoms with Crippen molar-refractivity contribution < 1.29 is 0 Å². The molecule has 3 nitrogen and oxygen atoms in total. The molecule has 0 aliphatic carbocycles. The summed E-state index contributed by atoms with van der Waals surface area (Å²) in [5.41, 5.74) is 6.37. The smallest absolute Gasteiger partial charge is 0.220 e. The monoisotopic (exact) mass is 187 g/mol. The zero-order valence-electron chi connectivity index (χ0n) is 8.09. The van der Waals surface area contributed by atoms with E-state index in [2.05, 4.69) is 9.98 Å². The van der Waals surface area contributed by atoms with Gasteiger partial charge in [0.15, 0.2) is 0 Å². The second-order valence-electron chi connectivity index (χ2n) is 2.61. The van der Waals surface area contributed by atoms with Crippen LogP contribution < -0.4 is 5.73 Å². The van der Waals surface area contributed by atoms with Crippen LogP contribution in [-0.4, -0.2) is 12.2 Å². The van der Waals surface area contributed by atoms with Crippen LogP contribution in [0.4, 0.5) is 5.69 Å². The number of nitrogens with two attached hydrogens (primary N) is 1. The lowest BCUT2D eigenvalue weighted by Crippen LogP contribution is -2.07. The molecule has 1 rings (SSSR count). The van der Waals surface area contributed by atoms with E-state index in [4.69, 9.17) is 5.73 Å². The van der Waals surface area contributed by atoms with Crippen LogP contribution >= 0.6 is 0 Å². The van der Waals surface area contributed by atoms with Gasteiger partial charge in [-0.25, -0.2) is 9.98 Å². The summed E-state index contributed by atoms with van der Waals surface area (Å²) in [6.07, 6.45) is 5.29. The third-order valence-electron chi connectivity index (χ3n) is 1.49. The Kier molecular flexibility index (Phi) is 4.14. The van der Waals surface area contributed by atoms with Gasteiger partial charge in [-0.3, -0.25) is 0 Å². The summed E-state index contributed by atoms with van der Waals surface area (Å²) in [7, 11) is 0. The minimum atomic E-state index is 0.259. The molecule has 0 aromatic heterocycles. The van der Waals surface area contributed by atoms with E-state index >= 15 is 0 Å². The lowest BCUT2D eigenvalue weighted by Gasteiger charge is -1.92. The lowest BCUT2D eigenvalue weighted by atomic mass is 10.3. The molecule has 2 N–H and O–H groups in total. The van der Waals surface area contributed by atoms with Crippen LogP contribution in [0.25, 0.3) is 0 Å². The Bertz CT molecular complexity index is 350. The van der Waals surface area contributed by atoms with Crippen LogP contribution in [0.15, 0.2) is 52.5 Å². The standard InChI is InChI=1S/C11H13N3/c1-2-3-9-13-11(12)14-10-7-5-4-6-8-10/h2-9H,1H3,(H2,12,14)/b3-2-,13-9-. The number of para-hydroxylation sites is 1. The number of aliphatic imine (C=N–C) groups is 2. The van der Waals surface area contributed by atoms with E-state index in [1.54, 1.807) is 12.3 Å². The van der Waals surface area contributed by atoms with Crippen molar-refractivity contribution in [2.24, 2.45) is 15.7 Å². The number of hydrogen-bond donors (Lipinski definition) is 1. The highest BCUT2D eigenvalue weighted by molar-refractivity contribution is 5.91. The largest absolute Gasteiger partial charge is 0.368 e. The van der Waals surface area contributed by atoms with Gasteiger partial charge in [0.05, 0.1) is 5.69 Å². The molecule has 0 aliphatic heterocycles. The first-order valence-corrected chi connectivity index (χ1v) is 4.37. The number of allylic oxidation sites excluding steroid dienone is 2. The van der Waals surface area contributed by atoms with Crippen LogP contribution in [0.2, 0.25) is 0 Å². The predicted molar refractivity (Wildman–Crippen MR) is 61.0 cm³/mol. The number of guanidine groups is 1. The van der Waals surface area contributed by atoms with Crippen LogP contribution in [0.3, 0.4) is 0 Å². The van der Waals surface area contributed by atoms with Gasteiger partial charge in [0.1, 0.15) is 0 Å². The van der Waals surface area contributed by atoms with Crippen LogP contribution in [0.1, 0.15) is 6.92 Å². The Balaban J connectivity index is 2.69. The topological polar surface area (TPSA) is 50.7 Å². The summed E-state index contributed by atoms with van der Waals surface area (Å²) in [5.74, 6) is 0.259. The highest BCUT2D eigenvalue weighted by Crippen LogP contribution is 2.08. The molecule has 0 amide bonds. The Labute approximate surface area is 83.7 Å². The molecular formula is C11H13N3. The lowest BCUT2D eigenvalue weighted by molar-refractivity contribution is 1.42. The van der Waals surface area contributed by atoms with Gasteiger partial charge in [-0.15, -0.1) is 0 Å². The summed E-state index contributed by atoms with van der Waals surface area (Å²) in [5, 5.41) is 0. The van der Waals surface area contributed by atoms with E-state index in [1.165, 1.54) is 0 Å². The number of hydrogen-bond acceptors (Lipinski definition) is 1. The zero-order valence-corrected chi connectivity index (χ0v) is 8.09. The number of rotatable bonds is 2. The van der Waals surface area contributed by atoms with Crippen molar-refractivity contribution in [3.63, 3.8) is 0 Å². The maximum Gasteiger partial charge on any atom is 0.220 e. The fourth-order valence-electron chi connectivity index (χ4n) is 0.869. The third kappa shape index (κ3) is 3.67. The molecule has 72 valence electrons. The van der Waals surface area contributed by atoms with Crippen molar-refractivity contribution >= 4 is 17.9 Å². The molecule has 0 saturated carbocycles. The van der Waals surface area contributed by atoms with E-state index in [0.29, 0.717) is 0 Å². The Hall–Kier alpha value is -1.90. The Morgan fingerprint density at radius 1 is 1.29 bits per heavy atom. The third-order valence-corrected chi connectivity index (χ3v) is 1.49. The van der Waals surface area contributed by atoms with E-state index in [9.17, 15) is 0 Å². The van der Waals surface area contributed by atoms with Gasteiger partial charge >= 0.3 is 0 Å². The van der Waals surface area contributed by atoms with Crippen molar-refractivity contribution in [1.29, 1.82) is 0 Å². The fraction of sp³-hybridized carbons (Fsp3) is 0.0909. The van der Waals surface area contributed by atoms with E-state index in [-0.39, 0.29) is 5.96 Å². The fourth-order valence-corrected chi connectivity index (χ4v) is 0.869. The average Bonchev–Trinajstić information content (AvgIpc) is 2.20. The molecule has 0 radical (unpaired) electrons. The molecule has 14 heavy (non-hydrogen) atoms. The molecular weight excluding hydrogens is 174 g/mol. The molecule has 1 aromatic carbocycles. The molecule has 0 atom stereocenters. The molecule has 0 unspecified atom stereocenters. The van der Waals surface area contributed by atoms with Gasteiger partial charge in [0, 0.05) is 6.21 Å². The highest BCUT2D eigenvalue weighted by atomic mass is 15.0. The molecule has 0 saturated heterocycles. The maximum atomic E-state index is 5.56. The summed E-state index contributed by atoms with van der Waals surface area (Å²) >= 11 is 0. The first kappa shape index (κ1) is 10.2. The first-order valence-electron chi connectivity index (χ1n) is 4.37. The SMILES string of the molecule is C\C=C/C=N\C(N)=N/c1ccccc1. The normalized spacial score (nSPS) is 12.8. The van der Waals surface area contributed by atoms with Gasteiger partial charge in [0.25, 0.3) is 0 Å². The number of nitrogens with zero attached hydrogens (tertiary/aromatic N) is 2. The summed E-state index contributed by atoms with van der Waals surface area (Å²) in [6.45, 7) is 1.91. The van der Waals surface area contributed by atoms with Crippen LogP contribution in [0, 0.1) is 0 Å². The predicted octanol–water partition coefficient (Wildman–Crippen LogP) is 2.28. The molecule has 0 bridgehead atoms. The van der Waals surface area contributed by atoms with Gasteiger partial charge < -0.3 is 5.73 Å². The Morgan fingerprint density at radius 3 is 2.64 bits per heavy atom. The summed E-state index contributed by atoms with van der Waals surface area (Å²) in [4.78, 5) is 8.02.